The molecule has 0 bridgehead atoms. The molecule has 0 aliphatic carbocycles. The van der Waals surface area contributed by atoms with E-state index in [0.717, 1.165) is 6.07 Å². The first-order chi connectivity index (χ1) is 7.49. The van der Waals surface area contributed by atoms with E-state index in [1.807, 2.05) is 13.8 Å². The van der Waals surface area contributed by atoms with Gasteiger partial charge in [0.15, 0.2) is 5.82 Å². The number of hydrogen-bond acceptors (Lipinski definition) is 2. The second-order valence-electron chi connectivity index (χ2n) is 4.05. The van der Waals surface area contributed by atoms with Crippen LogP contribution in [-0.2, 0) is 4.79 Å². The average Bonchev–Trinajstić information content (AvgIpc) is 2.18. The lowest BCUT2D eigenvalue weighted by molar-refractivity contribution is -0.115. The second-order valence-corrected chi connectivity index (χ2v) is 4.05. The van der Waals surface area contributed by atoms with Crippen molar-refractivity contribution in [3.63, 3.8) is 0 Å². The maximum Gasteiger partial charge on any atom is 0.244 e. The summed E-state index contributed by atoms with van der Waals surface area (Å²) in [7, 11) is 0. The minimum Gasteiger partial charge on any atom is -0.358 e. The van der Waals surface area contributed by atoms with Gasteiger partial charge in [-0.3, -0.25) is 4.79 Å². The number of amides is 1. The van der Waals surface area contributed by atoms with Crippen LogP contribution in [0.2, 0.25) is 0 Å². The van der Waals surface area contributed by atoms with Crippen molar-refractivity contribution < 1.29 is 13.6 Å². The van der Waals surface area contributed by atoms with Crippen LogP contribution in [0.4, 0.5) is 20.2 Å². The summed E-state index contributed by atoms with van der Waals surface area (Å²) in [5.41, 5.74) is 0.457. The Morgan fingerprint density at radius 2 is 2.06 bits per heavy atom. The molecule has 1 aliphatic rings. The van der Waals surface area contributed by atoms with E-state index in [1.165, 1.54) is 6.07 Å². The number of nitrogens with zero attached hydrogens (tertiary/aromatic N) is 1. The third-order valence-electron chi connectivity index (χ3n) is 2.55. The highest BCUT2D eigenvalue weighted by molar-refractivity contribution is 6.01. The van der Waals surface area contributed by atoms with Gasteiger partial charge >= 0.3 is 0 Å². The van der Waals surface area contributed by atoms with Gasteiger partial charge in [-0.25, -0.2) is 8.78 Å². The number of benzene rings is 1. The van der Waals surface area contributed by atoms with Crippen molar-refractivity contribution in [2.75, 3.05) is 16.8 Å². The van der Waals surface area contributed by atoms with Crippen molar-refractivity contribution in [3.05, 3.63) is 23.8 Å². The zero-order valence-corrected chi connectivity index (χ0v) is 9.05. The van der Waals surface area contributed by atoms with E-state index in [-0.39, 0.29) is 24.2 Å². The van der Waals surface area contributed by atoms with Gasteiger partial charge in [0.05, 0.1) is 12.2 Å². The molecule has 2 rings (SSSR count). The Morgan fingerprint density at radius 1 is 1.38 bits per heavy atom. The summed E-state index contributed by atoms with van der Waals surface area (Å²) in [5.74, 6) is -1.67. The molecule has 0 atom stereocenters. The maximum atomic E-state index is 13.5. The van der Waals surface area contributed by atoms with Crippen molar-refractivity contribution in [1.82, 2.24) is 0 Å². The molecule has 86 valence electrons. The molecule has 0 saturated carbocycles. The number of nitrogens with one attached hydrogen (secondary N) is 1. The summed E-state index contributed by atoms with van der Waals surface area (Å²) in [4.78, 5) is 13.0. The standard InChI is InChI=1S/C11H12F2N2O/c1-6(2)15-5-10(16)14-11-8(13)3-7(12)4-9(11)15/h3-4,6H,5H2,1-2H3,(H,14,16). The maximum absolute atomic E-state index is 13.5. The molecule has 1 aliphatic heterocycles. The molecule has 5 heteroatoms. The van der Waals surface area contributed by atoms with Crippen LogP contribution < -0.4 is 10.2 Å². The summed E-state index contributed by atoms with van der Waals surface area (Å²) in [6, 6.07) is 2.01. The normalized spacial score (nSPS) is 15.1. The molecule has 0 saturated heterocycles. The molecule has 3 nitrogen and oxygen atoms in total. The average molecular weight is 226 g/mol. The lowest BCUT2D eigenvalue weighted by Crippen LogP contribution is -2.42. The van der Waals surface area contributed by atoms with Gasteiger partial charge in [-0.2, -0.15) is 0 Å². The summed E-state index contributed by atoms with van der Waals surface area (Å²) in [6.45, 7) is 3.85. The Balaban J connectivity index is 2.56. The van der Waals surface area contributed by atoms with Crippen LogP contribution in [0.5, 0.6) is 0 Å². The van der Waals surface area contributed by atoms with Crippen LogP contribution in [0.3, 0.4) is 0 Å². The quantitative estimate of drug-likeness (QED) is 0.795. The number of carbonyl (C=O) groups is 1. The number of carbonyl (C=O) groups excluding carboxylic acids is 1. The van der Waals surface area contributed by atoms with Crippen molar-refractivity contribution in [3.8, 4) is 0 Å². The van der Waals surface area contributed by atoms with Gasteiger partial charge in [0.25, 0.3) is 0 Å². The highest BCUT2D eigenvalue weighted by atomic mass is 19.1. The molecule has 0 aromatic heterocycles. The molecule has 0 spiro atoms. The summed E-state index contributed by atoms with van der Waals surface area (Å²) in [6.07, 6.45) is 0. The monoisotopic (exact) mass is 226 g/mol. The lowest BCUT2D eigenvalue weighted by atomic mass is 10.1. The van der Waals surface area contributed by atoms with Gasteiger partial charge in [0, 0.05) is 12.1 Å². The molecule has 0 radical (unpaired) electrons. The van der Waals surface area contributed by atoms with Crippen molar-refractivity contribution >= 4 is 17.3 Å². The van der Waals surface area contributed by atoms with Gasteiger partial charge in [-0.1, -0.05) is 0 Å². The number of hydrogen-bond donors (Lipinski definition) is 1. The van der Waals surface area contributed by atoms with E-state index in [4.69, 9.17) is 0 Å². The molecular weight excluding hydrogens is 214 g/mol. The van der Waals surface area contributed by atoms with Crippen LogP contribution in [0.1, 0.15) is 13.8 Å². The molecular formula is C11H12F2N2O. The highest BCUT2D eigenvalue weighted by Gasteiger charge is 2.26. The van der Waals surface area contributed by atoms with Gasteiger partial charge < -0.3 is 10.2 Å². The van der Waals surface area contributed by atoms with E-state index in [2.05, 4.69) is 5.32 Å². The Hall–Kier alpha value is -1.65. The molecule has 1 amide bonds. The lowest BCUT2D eigenvalue weighted by Gasteiger charge is -2.34. The number of fused-ring (bicyclic) bond motifs is 1. The Kier molecular flexibility index (Phi) is 2.53. The molecule has 16 heavy (non-hydrogen) atoms. The smallest absolute Gasteiger partial charge is 0.244 e. The summed E-state index contributed by atoms with van der Waals surface area (Å²) < 4.78 is 26.6. The molecule has 1 N–H and O–H groups in total. The van der Waals surface area contributed by atoms with Crippen molar-refractivity contribution in [2.24, 2.45) is 0 Å². The Labute approximate surface area is 92.1 Å². The van der Waals surface area contributed by atoms with Crippen molar-refractivity contribution in [2.45, 2.75) is 19.9 Å². The fourth-order valence-corrected chi connectivity index (χ4v) is 1.79. The van der Waals surface area contributed by atoms with Gasteiger partial charge in [-0.15, -0.1) is 0 Å². The first kappa shape index (κ1) is 10.9. The topological polar surface area (TPSA) is 32.3 Å². The van der Waals surface area contributed by atoms with Crippen LogP contribution in [0.15, 0.2) is 12.1 Å². The summed E-state index contributed by atoms with van der Waals surface area (Å²) >= 11 is 0. The van der Waals surface area contributed by atoms with Crippen LogP contribution in [0.25, 0.3) is 0 Å². The second kappa shape index (κ2) is 3.73. The molecule has 0 fully saturated rings. The molecule has 1 aromatic rings. The first-order valence-corrected chi connectivity index (χ1v) is 5.04. The number of halogens is 2. The van der Waals surface area contributed by atoms with E-state index in [9.17, 15) is 13.6 Å². The van der Waals surface area contributed by atoms with Crippen LogP contribution in [-0.4, -0.2) is 18.5 Å². The Morgan fingerprint density at radius 3 is 2.69 bits per heavy atom. The zero-order valence-electron chi connectivity index (χ0n) is 9.05. The van der Waals surface area contributed by atoms with E-state index >= 15 is 0 Å². The minimum atomic E-state index is -0.742. The fraction of sp³-hybridized carbons (Fsp3) is 0.364. The van der Waals surface area contributed by atoms with Crippen molar-refractivity contribution in [1.29, 1.82) is 0 Å². The molecule has 0 unspecified atom stereocenters. The van der Waals surface area contributed by atoms with Crippen LogP contribution in [0, 0.1) is 11.6 Å². The molecule has 1 heterocycles. The number of anilines is 2. The van der Waals surface area contributed by atoms with Gasteiger partial charge in [0.1, 0.15) is 11.5 Å². The fourth-order valence-electron chi connectivity index (χ4n) is 1.79. The minimum absolute atomic E-state index is 0.00556. The van der Waals surface area contributed by atoms with E-state index in [1.54, 1.807) is 4.90 Å². The first-order valence-electron chi connectivity index (χ1n) is 5.04. The predicted molar refractivity (Wildman–Crippen MR) is 57.5 cm³/mol. The summed E-state index contributed by atoms with van der Waals surface area (Å²) in [5, 5.41) is 2.42. The zero-order chi connectivity index (χ0) is 11.9. The third kappa shape index (κ3) is 1.73. The predicted octanol–water partition coefficient (Wildman–Crippen LogP) is 2.13. The number of rotatable bonds is 1. The van der Waals surface area contributed by atoms with Gasteiger partial charge in [0.2, 0.25) is 5.91 Å². The van der Waals surface area contributed by atoms with E-state index in [0.29, 0.717) is 5.69 Å². The SMILES string of the molecule is CC(C)N1CC(=O)Nc2c(F)cc(F)cc21. The molecule has 1 aromatic carbocycles. The van der Waals surface area contributed by atoms with Gasteiger partial charge in [-0.05, 0) is 19.9 Å². The Bertz CT molecular complexity index is 446. The van der Waals surface area contributed by atoms with Crippen LogP contribution >= 0.6 is 0 Å². The largest absolute Gasteiger partial charge is 0.358 e. The van der Waals surface area contributed by atoms with E-state index < -0.39 is 11.6 Å². The third-order valence-corrected chi connectivity index (χ3v) is 2.55. The highest BCUT2D eigenvalue weighted by Crippen LogP contribution is 2.33.